The smallest absolute Gasteiger partial charge is 0.375 e. The van der Waals surface area contributed by atoms with Crippen LogP contribution in [0.15, 0.2) is 60.7 Å². The van der Waals surface area contributed by atoms with Crippen molar-refractivity contribution in [2.45, 2.75) is 58.2 Å². The summed E-state index contributed by atoms with van der Waals surface area (Å²) in [5.41, 5.74) is 3.31. The van der Waals surface area contributed by atoms with Gasteiger partial charge in [0.25, 0.3) is 6.29 Å². The summed E-state index contributed by atoms with van der Waals surface area (Å²) in [6.07, 6.45) is 1.88. The lowest BCUT2D eigenvalue weighted by atomic mass is 10.0. The predicted octanol–water partition coefficient (Wildman–Crippen LogP) is 5.96. The SMILES string of the molecule is CC(C)(C)[Si](C)(C)O[C@H](Oc1ccc(C2=CCOCC2)cc1)C(=O)OCc1ccccc1. The van der Waals surface area contributed by atoms with E-state index in [-0.39, 0.29) is 11.6 Å². The molecule has 5 nitrogen and oxygen atoms in total. The van der Waals surface area contributed by atoms with Crippen LogP contribution in [0.5, 0.6) is 5.75 Å². The van der Waals surface area contributed by atoms with Crippen LogP contribution in [0.4, 0.5) is 0 Å². The third-order valence-electron chi connectivity index (χ3n) is 6.06. The zero-order valence-electron chi connectivity index (χ0n) is 19.7. The average Bonchev–Trinajstić information content (AvgIpc) is 2.78. The molecule has 0 amide bonds. The molecular formula is C26H34O5Si. The minimum Gasteiger partial charge on any atom is -0.456 e. The number of rotatable bonds is 8. The molecule has 0 N–H and O–H groups in total. The van der Waals surface area contributed by atoms with E-state index in [4.69, 9.17) is 18.6 Å². The zero-order chi connectivity index (χ0) is 23.2. The van der Waals surface area contributed by atoms with E-state index in [1.54, 1.807) is 0 Å². The van der Waals surface area contributed by atoms with Crippen molar-refractivity contribution in [1.29, 1.82) is 0 Å². The molecule has 1 heterocycles. The van der Waals surface area contributed by atoms with Crippen LogP contribution in [0.1, 0.15) is 38.3 Å². The van der Waals surface area contributed by atoms with Gasteiger partial charge in [-0.1, -0.05) is 69.3 Å². The van der Waals surface area contributed by atoms with Crippen LogP contribution in [-0.2, 0) is 25.3 Å². The molecule has 0 bridgehead atoms. The quantitative estimate of drug-likeness (QED) is 0.280. The van der Waals surface area contributed by atoms with Gasteiger partial charge >= 0.3 is 5.97 Å². The van der Waals surface area contributed by atoms with Crippen LogP contribution in [0.3, 0.4) is 0 Å². The van der Waals surface area contributed by atoms with Gasteiger partial charge in [0, 0.05) is 0 Å². The molecule has 2 aromatic carbocycles. The highest BCUT2D eigenvalue weighted by atomic mass is 28.4. The van der Waals surface area contributed by atoms with Crippen molar-refractivity contribution in [3.63, 3.8) is 0 Å². The highest BCUT2D eigenvalue weighted by Crippen LogP contribution is 2.37. The molecule has 0 spiro atoms. The molecule has 1 aliphatic rings. The molecule has 2 aromatic rings. The highest BCUT2D eigenvalue weighted by Gasteiger charge is 2.42. The minimum atomic E-state index is -2.28. The summed E-state index contributed by atoms with van der Waals surface area (Å²) in [6, 6.07) is 17.4. The lowest BCUT2D eigenvalue weighted by Crippen LogP contribution is -2.48. The number of esters is 1. The van der Waals surface area contributed by atoms with Crippen LogP contribution in [0.25, 0.3) is 5.57 Å². The molecule has 3 rings (SSSR count). The highest BCUT2D eigenvalue weighted by molar-refractivity contribution is 6.74. The van der Waals surface area contributed by atoms with Gasteiger partial charge in [0.2, 0.25) is 0 Å². The number of hydrogen-bond donors (Lipinski definition) is 0. The summed E-state index contributed by atoms with van der Waals surface area (Å²) < 4.78 is 23.3. The topological polar surface area (TPSA) is 54.0 Å². The summed E-state index contributed by atoms with van der Waals surface area (Å²) in [4.78, 5) is 13.0. The van der Waals surface area contributed by atoms with Gasteiger partial charge in [-0.15, -0.1) is 0 Å². The molecule has 0 fully saturated rings. The van der Waals surface area contributed by atoms with E-state index in [2.05, 4.69) is 39.9 Å². The van der Waals surface area contributed by atoms with E-state index in [1.165, 1.54) is 5.57 Å². The van der Waals surface area contributed by atoms with Crippen molar-refractivity contribution >= 4 is 19.9 Å². The molecule has 0 aliphatic carbocycles. The van der Waals surface area contributed by atoms with Gasteiger partial charge < -0.3 is 18.6 Å². The maximum absolute atomic E-state index is 13.0. The molecule has 32 heavy (non-hydrogen) atoms. The third-order valence-corrected chi connectivity index (χ3v) is 10.5. The van der Waals surface area contributed by atoms with Gasteiger partial charge in [0.15, 0.2) is 8.32 Å². The van der Waals surface area contributed by atoms with Crippen LogP contribution in [-0.4, -0.2) is 33.8 Å². The fraction of sp³-hybridized carbons (Fsp3) is 0.423. The van der Waals surface area contributed by atoms with E-state index in [0.29, 0.717) is 12.4 Å². The monoisotopic (exact) mass is 454 g/mol. The molecule has 6 heteroatoms. The average molecular weight is 455 g/mol. The van der Waals surface area contributed by atoms with Gasteiger partial charge in [-0.25, -0.2) is 4.79 Å². The summed E-state index contributed by atoms with van der Waals surface area (Å²) in [7, 11) is -2.28. The van der Waals surface area contributed by atoms with Gasteiger partial charge in [-0.2, -0.15) is 0 Å². The maximum Gasteiger partial charge on any atom is 0.375 e. The third kappa shape index (κ3) is 6.54. The second-order valence-electron chi connectivity index (χ2n) is 9.50. The Kier molecular flexibility index (Phi) is 7.93. The van der Waals surface area contributed by atoms with Gasteiger partial charge in [-0.05, 0) is 53.4 Å². The molecule has 1 aliphatic heterocycles. The first kappa shape index (κ1) is 24.2. The van der Waals surface area contributed by atoms with Crippen LogP contribution in [0.2, 0.25) is 18.1 Å². The van der Waals surface area contributed by atoms with Crippen LogP contribution in [0, 0.1) is 0 Å². The number of carbonyl (C=O) groups is 1. The van der Waals surface area contributed by atoms with Gasteiger partial charge in [0.05, 0.1) is 13.2 Å². The summed E-state index contributed by atoms with van der Waals surface area (Å²) in [5.74, 6) is 0.0525. The largest absolute Gasteiger partial charge is 0.456 e. The zero-order valence-corrected chi connectivity index (χ0v) is 20.7. The molecule has 0 unspecified atom stereocenters. The van der Waals surface area contributed by atoms with Gasteiger partial charge in [-0.3, -0.25) is 0 Å². The fourth-order valence-electron chi connectivity index (χ4n) is 3.02. The summed E-state index contributed by atoms with van der Waals surface area (Å²) >= 11 is 0. The van der Waals surface area contributed by atoms with E-state index in [1.807, 2.05) is 54.6 Å². The second kappa shape index (κ2) is 10.5. The van der Waals surface area contributed by atoms with Crippen molar-refractivity contribution in [3.8, 4) is 5.75 Å². The molecule has 172 valence electrons. The van der Waals surface area contributed by atoms with Gasteiger partial charge in [0.1, 0.15) is 12.4 Å². The first-order valence-electron chi connectivity index (χ1n) is 11.1. The Hall–Kier alpha value is -2.41. The molecular weight excluding hydrogens is 420 g/mol. The first-order chi connectivity index (χ1) is 15.2. The van der Waals surface area contributed by atoms with Crippen LogP contribution >= 0.6 is 0 Å². The second-order valence-corrected chi connectivity index (χ2v) is 14.3. The Balaban J connectivity index is 1.73. The predicted molar refractivity (Wildman–Crippen MR) is 129 cm³/mol. The van der Waals surface area contributed by atoms with E-state index < -0.39 is 20.6 Å². The van der Waals surface area contributed by atoms with Crippen LogP contribution < -0.4 is 4.74 Å². The number of benzene rings is 2. The normalized spacial score (nSPS) is 15.6. The van der Waals surface area contributed by atoms with Crippen molar-refractivity contribution in [2.75, 3.05) is 13.2 Å². The lowest BCUT2D eigenvalue weighted by molar-refractivity contribution is -0.168. The van der Waals surface area contributed by atoms with E-state index in [9.17, 15) is 4.79 Å². The maximum atomic E-state index is 13.0. The Bertz CT molecular complexity index is 913. The van der Waals surface area contributed by atoms with Crippen molar-refractivity contribution < 1.29 is 23.4 Å². The summed E-state index contributed by atoms with van der Waals surface area (Å²) in [6.45, 7) is 12.1. The Labute approximate surface area is 192 Å². The Morgan fingerprint density at radius 3 is 2.34 bits per heavy atom. The van der Waals surface area contributed by atoms with Crippen molar-refractivity contribution in [2.24, 2.45) is 0 Å². The fourth-order valence-corrected chi connectivity index (χ4v) is 4.05. The number of hydrogen-bond acceptors (Lipinski definition) is 5. The Morgan fingerprint density at radius 2 is 1.75 bits per heavy atom. The molecule has 0 saturated carbocycles. The number of ether oxygens (including phenoxy) is 3. The van der Waals surface area contributed by atoms with Crippen molar-refractivity contribution in [1.82, 2.24) is 0 Å². The molecule has 0 aromatic heterocycles. The number of carbonyl (C=O) groups excluding carboxylic acids is 1. The summed E-state index contributed by atoms with van der Waals surface area (Å²) in [5, 5.41) is -0.0757. The first-order valence-corrected chi connectivity index (χ1v) is 14.0. The minimum absolute atomic E-state index is 0.0757. The van der Waals surface area contributed by atoms with Crippen molar-refractivity contribution in [3.05, 3.63) is 71.8 Å². The molecule has 0 radical (unpaired) electrons. The standard InChI is InChI=1S/C26H34O5Si/c1-26(2,3)32(4,5)31-25(24(27)29-19-20-9-7-6-8-10-20)30-23-13-11-21(12-14-23)22-15-17-28-18-16-22/h6-15,25H,16-19H2,1-5H3/t25-/m0/s1. The Morgan fingerprint density at radius 1 is 1.06 bits per heavy atom. The molecule has 0 saturated heterocycles. The molecule has 1 atom stereocenters. The van der Waals surface area contributed by atoms with E-state index >= 15 is 0 Å². The lowest BCUT2D eigenvalue weighted by Gasteiger charge is -2.38. The van der Waals surface area contributed by atoms with E-state index in [0.717, 1.165) is 24.2 Å².